The van der Waals surface area contributed by atoms with E-state index >= 15 is 0 Å². The summed E-state index contributed by atoms with van der Waals surface area (Å²) in [5.74, 6) is 1.31. The van der Waals surface area contributed by atoms with Crippen LogP contribution < -0.4 is 10.6 Å². The minimum atomic E-state index is -0.147. The smallest absolute Gasteiger partial charge is 0.191 e. The molecular formula is C22H25FN6. The highest BCUT2D eigenvalue weighted by molar-refractivity contribution is 5.80. The molecule has 4 rings (SSSR count). The highest BCUT2D eigenvalue weighted by Crippen LogP contribution is 2.48. The maximum Gasteiger partial charge on any atom is 0.191 e. The summed E-state index contributed by atoms with van der Waals surface area (Å²) in [6.07, 6.45) is 3.64. The van der Waals surface area contributed by atoms with Crippen LogP contribution in [0.5, 0.6) is 0 Å². The normalized spacial score (nSPS) is 15.2. The van der Waals surface area contributed by atoms with Gasteiger partial charge in [-0.3, -0.25) is 4.57 Å². The second-order valence-corrected chi connectivity index (χ2v) is 7.26. The van der Waals surface area contributed by atoms with Crippen LogP contribution in [0.15, 0.2) is 65.9 Å². The van der Waals surface area contributed by atoms with Crippen molar-refractivity contribution >= 4 is 5.96 Å². The van der Waals surface area contributed by atoms with E-state index in [9.17, 15) is 4.39 Å². The minimum absolute atomic E-state index is 0.135. The number of aliphatic imine (C=N–C) groups is 1. The average molecular weight is 392 g/mol. The van der Waals surface area contributed by atoms with Crippen LogP contribution in [-0.2, 0) is 12.0 Å². The van der Waals surface area contributed by atoms with Crippen LogP contribution in [0.3, 0.4) is 0 Å². The number of rotatable bonds is 7. The molecule has 1 aliphatic carbocycles. The van der Waals surface area contributed by atoms with Gasteiger partial charge in [0.25, 0.3) is 0 Å². The van der Waals surface area contributed by atoms with Gasteiger partial charge < -0.3 is 10.6 Å². The minimum Gasteiger partial charge on any atom is -0.357 e. The number of para-hydroxylation sites is 1. The van der Waals surface area contributed by atoms with Crippen LogP contribution in [0.1, 0.15) is 31.2 Å². The lowest BCUT2D eigenvalue weighted by Gasteiger charge is -2.19. The van der Waals surface area contributed by atoms with Crippen molar-refractivity contribution < 1.29 is 4.39 Å². The average Bonchev–Trinajstić information content (AvgIpc) is 3.39. The maximum absolute atomic E-state index is 14.2. The van der Waals surface area contributed by atoms with E-state index in [1.807, 2.05) is 54.0 Å². The Morgan fingerprint density at radius 1 is 1.10 bits per heavy atom. The van der Waals surface area contributed by atoms with Crippen molar-refractivity contribution in [2.24, 2.45) is 4.99 Å². The largest absolute Gasteiger partial charge is 0.357 e. The Morgan fingerprint density at radius 3 is 2.59 bits per heavy atom. The van der Waals surface area contributed by atoms with Crippen LogP contribution in [0.25, 0.3) is 5.69 Å². The molecular weight excluding hydrogens is 367 g/mol. The summed E-state index contributed by atoms with van der Waals surface area (Å²) >= 11 is 0. The fourth-order valence-electron chi connectivity index (χ4n) is 3.50. The van der Waals surface area contributed by atoms with Crippen LogP contribution in [0.4, 0.5) is 4.39 Å². The molecule has 1 heterocycles. The first-order valence-electron chi connectivity index (χ1n) is 9.93. The Kier molecular flexibility index (Phi) is 5.55. The molecule has 0 amide bonds. The van der Waals surface area contributed by atoms with E-state index in [0.29, 0.717) is 19.0 Å². The summed E-state index contributed by atoms with van der Waals surface area (Å²) in [5.41, 5.74) is 1.63. The van der Waals surface area contributed by atoms with Crippen molar-refractivity contribution in [3.8, 4) is 5.69 Å². The van der Waals surface area contributed by atoms with Gasteiger partial charge >= 0.3 is 0 Å². The third kappa shape index (κ3) is 4.29. The molecule has 2 N–H and O–H groups in total. The zero-order chi connectivity index (χ0) is 20.1. The number of halogens is 1. The van der Waals surface area contributed by atoms with E-state index in [1.165, 1.54) is 6.07 Å². The standard InChI is InChI=1S/C22H25FN6/c1-2-24-21(26-15-22(12-13-22)18-10-6-7-11-19(18)23)25-14-20-28-27-16-29(20)17-8-4-3-5-9-17/h3-11,16H,2,12-15H2,1H3,(H2,24,25,26). The van der Waals surface area contributed by atoms with Gasteiger partial charge in [-0.1, -0.05) is 36.4 Å². The Hall–Kier alpha value is -3.22. The molecule has 0 spiro atoms. The Morgan fingerprint density at radius 2 is 1.86 bits per heavy atom. The van der Waals surface area contributed by atoms with E-state index in [-0.39, 0.29) is 11.2 Å². The van der Waals surface area contributed by atoms with Gasteiger partial charge in [-0.25, -0.2) is 9.38 Å². The van der Waals surface area contributed by atoms with Gasteiger partial charge in [0.05, 0.1) is 0 Å². The Labute approximate surface area is 169 Å². The highest BCUT2D eigenvalue weighted by atomic mass is 19.1. The second kappa shape index (κ2) is 8.43. The first-order chi connectivity index (χ1) is 14.2. The van der Waals surface area contributed by atoms with Crippen LogP contribution in [0, 0.1) is 5.82 Å². The predicted molar refractivity (Wildman–Crippen MR) is 111 cm³/mol. The zero-order valence-corrected chi connectivity index (χ0v) is 16.5. The predicted octanol–water partition coefficient (Wildman–Crippen LogP) is 3.19. The van der Waals surface area contributed by atoms with E-state index in [2.05, 4.69) is 25.8 Å². The first-order valence-corrected chi connectivity index (χ1v) is 9.93. The van der Waals surface area contributed by atoms with Gasteiger partial charge in [-0.05, 0) is 43.5 Å². The summed E-state index contributed by atoms with van der Waals surface area (Å²) < 4.78 is 16.2. The van der Waals surface area contributed by atoms with Crippen molar-refractivity contribution in [2.45, 2.75) is 31.7 Å². The van der Waals surface area contributed by atoms with Crippen LogP contribution in [-0.4, -0.2) is 33.8 Å². The molecule has 1 aliphatic rings. The molecule has 1 fully saturated rings. The SMILES string of the molecule is CCNC(=NCc1nncn1-c1ccccc1)NCC1(c2ccccc2F)CC1. The van der Waals surface area contributed by atoms with Crippen molar-refractivity contribution in [1.29, 1.82) is 0 Å². The van der Waals surface area contributed by atoms with E-state index in [4.69, 9.17) is 0 Å². The van der Waals surface area contributed by atoms with Crippen molar-refractivity contribution in [3.63, 3.8) is 0 Å². The molecule has 7 heteroatoms. The van der Waals surface area contributed by atoms with Crippen LogP contribution in [0.2, 0.25) is 0 Å². The van der Waals surface area contributed by atoms with Crippen LogP contribution >= 0.6 is 0 Å². The maximum atomic E-state index is 14.2. The fraction of sp³-hybridized carbons (Fsp3) is 0.318. The van der Waals surface area contributed by atoms with Gasteiger partial charge in [-0.2, -0.15) is 0 Å². The Bertz CT molecular complexity index is 978. The number of guanidine groups is 1. The summed E-state index contributed by atoms with van der Waals surface area (Å²) in [5, 5.41) is 14.9. The van der Waals surface area contributed by atoms with E-state index < -0.39 is 0 Å². The lowest BCUT2D eigenvalue weighted by molar-refractivity contribution is 0.559. The molecule has 2 aromatic carbocycles. The molecule has 0 bridgehead atoms. The third-order valence-corrected chi connectivity index (χ3v) is 5.27. The summed E-state index contributed by atoms with van der Waals surface area (Å²) in [4.78, 5) is 4.67. The highest BCUT2D eigenvalue weighted by Gasteiger charge is 2.45. The molecule has 150 valence electrons. The monoisotopic (exact) mass is 392 g/mol. The molecule has 0 aliphatic heterocycles. The molecule has 0 atom stereocenters. The summed E-state index contributed by atoms with van der Waals surface area (Å²) in [6, 6.07) is 17.0. The topological polar surface area (TPSA) is 67.1 Å². The number of benzene rings is 2. The molecule has 3 aromatic rings. The number of hydrogen-bond donors (Lipinski definition) is 2. The summed E-state index contributed by atoms with van der Waals surface area (Å²) in [6.45, 7) is 3.79. The van der Waals surface area contributed by atoms with Gasteiger partial charge in [-0.15, -0.1) is 10.2 Å². The number of nitrogens with one attached hydrogen (secondary N) is 2. The third-order valence-electron chi connectivity index (χ3n) is 5.27. The number of aromatic nitrogens is 3. The zero-order valence-electron chi connectivity index (χ0n) is 16.5. The van der Waals surface area contributed by atoms with Crippen molar-refractivity contribution in [2.75, 3.05) is 13.1 Å². The fourth-order valence-corrected chi connectivity index (χ4v) is 3.50. The summed E-state index contributed by atoms with van der Waals surface area (Å²) in [7, 11) is 0. The molecule has 0 unspecified atom stereocenters. The van der Waals surface area contributed by atoms with E-state index in [1.54, 1.807) is 12.4 Å². The number of nitrogens with zero attached hydrogens (tertiary/aromatic N) is 4. The molecule has 1 aromatic heterocycles. The molecule has 6 nitrogen and oxygen atoms in total. The molecule has 0 radical (unpaired) electrons. The number of hydrogen-bond acceptors (Lipinski definition) is 3. The molecule has 0 saturated heterocycles. The van der Waals surface area contributed by atoms with Gasteiger partial charge in [0, 0.05) is 24.2 Å². The van der Waals surface area contributed by atoms with Crippen molar-refractivity contribution in [1.82, 2.24) is 25.4 Å². The van der Waals surface area contributed by atoms with Gasteiger partial charge in [0.15, 0.2) is 11.8 Å². The second-order valence-electron chi connectivity index (χ2n) is 7.26. The first kappa shape index (κ1) is 19.1. The van der Waals surface area contributed by atoms with E-state index in [0.717, 1.165) is 36.5 Å². The molecule has 1 saturated carbocycles. The van der Waals surface area contributed by atoms with Gasteiger partial charge in [0.1, 0.15) is 18.7 Å². The Balaban J connectivity index is 1.46. The lowest BCUT2D eigenvalue weighted by Crippen LogP contribution is -2.41. The van der Waals surface area contributed by atoms with Gasteiger partial charge in [0.2, 0.25) is 0 Å². The van der Waals surface area contributed by atoms with Crippen molar-refractivity contribution in [3.05, 3.63) is 78.1 Å². The molecule has 29 heavy (non-hydrogen) atoms. The lowest BCUT2D eigenvalue weighted by atomic mass is 9.95. The quantitative estimate of drug-likeness (QED) is 0.479.